The molecule has 0 heterocycles. The van der Waals surface area contributed by atoms with Crippen molar-refractivity contribution in [1.29, 1.82) is 0 Å². The Balaban J connectivity index is 0.00000242. The van der Waals surface area contributed by atoms with E-state index in [1.807, 2.05) is 32.0 Å². The minimum atomic E-state index is -0.602. The molecule has 1 aromatic rings. The number of nitrogens with one attached hydrogen (secondary N) is 1. The summed E-state index contributed by atoms with van der Waals surface area (Å²) in [6, 6.07) is 5.88. The van der Waals surface area contributed by atoms with Crippen molar-refractivity contribution in [2.45, 2.75) is 38.6 Å². The molecule has 0 saturated heterocycles. The summed E-state index contributed by atoms with van der Waals surface area (Å²) in [5.74, 6) is 1.46. The normalized spacial score (nSPS) is 14.7. The molecule has 2 rings (SSSR count). The van der Waals surface area contributed by atoms with Crippen molar-refractivity contribution in [3.63, 3.8) is 0 Å². The SMILES string of the molecule is CCOc1ccc(CCNC(=O)C2(N)CC2)cc1OCC.Cl. The van der Waals surface area contributed by atoms with Gasteiger partial charge < -0.3 is 20.5 Å². The van der Waals surface area contributed by atoms with Crippen LogP contribution >= 0.6 is 12.4 Å². The van der Waals surface area contributed by atoms with Crippen LogP contribution in [0.2, 0.25) is 0 Å². The highest BCUT2D eigenvalue weighted by atomic mass is 35.5. The van der Waals surface area contributed by atoms with Gasteiger partial charge in [0, 0.05) is 6.54 Å². The van der Waals surface area contributed by atoms with E-state index >= 15 is 0 Å². The van der Waals surface area contributed by atoms with E-state index in [0.717, 1.165) is 36.3 Å². The zero-order valence-corrected chi connectivity index (χ0v) is 14.0. The highest BCUT2D eigenvalue weighted by Gasteiger charge is 2.45. The number of hydrogen-bond acceptors (Lipinski definition) is 4. The Bertz CT molecular complexity index is 504. The third-order valence-corrected chi connectivity index (χ3v) is 3.55. The van der Waals surface area contributed by atoms with Gasteiger partial charge in [-0.3, -0.25) is 4.79 Å². The van der Waals surface area contributed by atoms with E-state index < -0.39 is 5.54 Å². The molecule has 1 fully saturated rings. The van der Waals surface area contributed by atoms with Crippen LogP contribution in [-0.4, -0.2) is 31.2 Å². The Morgan fingerprint density at radius 1 is 1.23 bits per heavy atom. The average Bonchev–Trinajstić information content (AvgIpc) is 3.21. The zero-order chi connectivity index (χ0) is 15.3. The monoisotopic (exact) mass is 328 g/mol. The topological polar surface area (TPSA) is 73.6 Å². The van der Waals surface area contributed by atoms with Gasteiger partial charge in [-0.15, -0.1) is 12.4 Å². The molecule has 1 aliphatic rings. The number of halogens is 1. The van der Waals surface area contributed by atoms with Crippen molar-refractivity contribution >= 4 is 18.3 Å². The molecule has 5 nitrogen and oxygen atoms in total. The molecule has 22 heavy (non-hydrogen) atoms. The Morgan fingerprint density at radius 2 is 1.86 bits per heavy atom. The van der Waals surface area contributed by atoms with Crippen LogP contribution < -0.4 is 20.5 Å². The van der Waals surface area contributed by atoms with Gasteiger partial charge in [-0.25, -0.2) is 0 Å². The van der Waals surface area contributed by atoms with Crippen LogP contribution in [0.1, 0.15) is 32.3 Å². The molecule has 0 atom stereocenters. The van der Waals surface area contributed by atoms with E-state index in [0.29, 0.717) is 19.8 Å². The fourth-order valence-electron chi connectivity index (χ4n) is 2.11. The number of amides is 1. The van der Waals surface area contributed by atoms with Crippen molar-refractivity contribution in [2.24, 2.45) is 5.73 Å². The van der Waals surface area contributed by atoms with Crippen LogP contribution in [0.5, 0.6) is 11.5 Å². The molecule has 0 spiro atoms. The molecule has 1 aliphatic carbocycles. The lowest BCUT2D eigenvalue weighted by Crippen LogP contribution is -2.43. The molecule has 0 bridgehead atoms. The molecule has 3 N–H and O–H groups in total. The van der Waals surface area contributed by atoms with Crippen molar-refractivity contribution < 1.29 is 14.3 Å². The van der Waals surface area contributed by atoms with E-state index in [1.165, 1.54) is 0 Å². The minimum absolute atomic E-state index is 0. The fraction of sp³-hybridized carbons (Fsp3) is 0.562. The number of rotatable bonds is 8. The average molecular weight is 329 g/mol. The van der Waals surface area contributed by atoms with E-state index in [4.69, 9.17) is 15.2 Å². The van der Waals surface area contributed by atoms with Crippen molar-refractivity contribution in [3.8, 4) is 11.5 Å². The van der Waals surface area contributed by atoms with Crippen LogP contribution in [-0.2, 0) is 11.2 Å². The van der Waals surface area contributed by atoms with Crippen LogP contribution in [0.15, 0.2) is 18.2 Å². The third kappa shape index (κ3) is 4.78. The lowest BCUT2D eigenvalue weighted by molar-refractivity contribution is -0.123. The van der Waals surface area contributed by atoms with Gasteiger partial charge in [-0.05, 0) is 50.8 Å². The number of hydrogen-bond donors (Lipinski definition) is 2. The number of carbonyl (C=O) groups excluding carboxylic acids is 1. The van der Waals surface area contributed by atoms with Gasteiger partial charge in [0.25, 0.3) is 0 Å². The molecule has 0 unspecified atom stereocenters. The highest BCUT2D eigenvalue weighted by Crippen LogP contribution is 2.32. The van der Waals surface area contributed by atoms with Gasteiger partial charge >= 0.3 is 0 Å². The summed E-state index contributed by atoms with van der Waals surface area (Å²) in [5.41, 5.74) is 6.34. The number of benzene rings is 1. The minimum Gasteiger partial charge on any atom is -0.490 e. The molecular formula is C16H25ClN2O3. The van der Waals surface area contributed by atoms with E-state index in [9.17, 15) is 4.79 Å². The first-order valence-corrected chi connectivity index (χ1v) is 7.54. The second kappa shape index (κ2) is 8.25. The second-order valence-corrected chi connectivity index (χ2v) is 5.31. The maximum Gasteiger partial charge on any atom is 0.240 e. The molecular weight excluding hydrogens is 304 g/mol. The van der Waals surface area contributed by atoms with Crippen LogP contribution in [0.25, 0.3) is 0 Å². The first-order chi connectivity index (χ1) is 10.1. The Hall–Kier alpha value is -1.46. The quantitative estimate of drug-likeness (QED) is 0.766. The predicted octanol–water partition coefficient (Wildman–Crippen LogP) is 2.06. The zero-order valence-electron chi connectivity index (χ0n) is 13.2. The summed E-state index contributed by atoms with van der Waals surface area (Å²) in [4.78, 5) is 11.7. The first kappa shape index (κ1) is 18.6. The summed E-state index contributed by atoms with van der Waals surface area (Å²) in [6.45, 7) is 5.67. The van der Waals surface area contributed by atoms with Crippen molar-refractivity contribution in [3.05, 3.63) is 23.8 Å². The summed E-state index contributed by atoms with van der Waals surface area (Å²) in [5, 5.41) is 2.89. The van der Waals surface area contributed by atoms with Gasteiger partial charge in [0.05, 0.1) is 18.8 Å². The second-order valence-electron chi connectivity index (χ2n) is 5.31. The summed E-state index contributed by atoms with van der Waals surface area (Å²) in [6.07, 6.45) is 2.32. The predicted molar refractivity (Wildman–Crippen MR) is 88.9 cm³/mol. The lowest BCUT2D eigenvalue weighted by Gasteiger charge is -2.13. The van der Waals surface area contributed by atoms with Gasteiger partial charge in [0.2, 0.25) is 5.91 Å². The Labute approximate surface area is 138 Å². The molecule has 0 radical (unpaired) electrons. The van der Waals surface area contributed by atoms with Crippen molar-refractivity contribution in [2.75, 3.05) is 19.8 Å². The van der Waals surface area contributed by atoms with E-state index in [-0.39, 0.29) is 18.3 Å². The summed E-state index contributed by atoms with van der Waals surface area (Å²) >= 11 is 0. The maximum atomic E-state index is 11.7. The molecule has 6 heteroatoms. The molecule has 1 amide bonds. The fourth-order valence-corrected chi connectivity index (χ4v) is 2.11. The van der Waals surface area contributed by atoms with Gasteiger partial charge in [0.15, 0.2) is 11.5 Å². The van der Waals surface area contributed by atoms with Gasteiger partial charge in [-0.1, -0.05) is 6.07 Å². The number of nitrogens with two attached hydrogens (primary N) is 1. The molecule has 1 aromatic carbocycles. The number of ether oxygens (including phenoxy) is 2. The molecule has 0 aromatic heterocycles. The summed E-state index contributed by atoms with van der Waals surface area (Å²) < 4.78 is 11.1. The van der Waals surface area contributed by atoms with Gasteiger partial charge in [0.1, 0.15) is 0 Å². The van der Waals surface area contributed by atoms with Crippen LogP contribution in [0.4, 0.5) is 0 Å². The lowest BCUT2D eigenvalue weighted by atomic mass is 10.1. The van der Waals surface area contributed by atoms with E-state index in [2.05, 4.69) is 5.32 Å². The van der Waals surface area contributed by atoms with Crippen LogP contribution in [0, 0.1) is 0 Å². The molecule has 0 aliphatic heterocycles. The van der Waals surface area contributed by atoms with Gasteiger partial charge in [-0.2, -0.15) is 0 Å². The van der Waals surface area contributed by atoms with E-state index in [1.54, 1.807) is 0 Å². The smallest absolute Gasteiger partial charge is 0.240 e. The Kier molecular flexibility index (Phi) is 6.97. The largest absolute Gasteiger partial charge is 0.490 e. The first-order valence-electron chi connectivity index (χ1n) is 7.54. The molecule has 1 saturated carbocycles. The summed E-state index contributed by atoms with van der Waals surface area (Å²) in [7, 11) is 0. The standard InChI is InChI=1S/C16H24N2O3.ClH/c1-3-20-13-6-5-12(11-14(13)21-4-2)7-10-18-15(19)16(17)8-9-16;/h5-6,11H,3-4,7-10,17H2,1-2H3,(H,18,19);1H. The number of carbonyl (C=O) groups is 1. The van der Waals surface area contributed by atoms with Crippen LogP contribution in [0.3, 0.4) is 0 Å². The highest BCUT2D eigenvalue weighted by molar-refractivity contribution is 5.88. The molecule has 124 valence electrons. The maximum absolute atomic E-state index is 11.7. The third-order valence-electron chi connectivity index (χ3n) is 3.55. The Morgan fingerprint density at radius 3 is 2.45 bits per heavy atom. The van der Waals surface area contributed by atoms with Crippen molar-refractivity contribution in [1.82, 2.24) is 5.32 Å².